The lowest BCUT2D eigenvalue weighted by atomic mass is 10.0. The Kier molecular flexibility index (Phi) is 3.59. The molecule has 0 spiro atoms. The molecule has 2 aliphatic heterocycles. The summed E-state index contributed by atoms with van der Waals surface area (Å²) in [7, 11) is 0. The van der Waals surface area contributed by atoms with Crippen molar-refractivity contribution in [1.29, 1.82) is 0 Å². The third-order valence-corrected chi connectivity index (χ3v) is 3.68. The average Bonchev–Trinajstić information content (AvgIpc) is 2.91. The molecule has 1 aromatic rings. The van der Waals surface area contributed by atoms with Crippen molar-refractivity contribution in [3.8, 4) is 0 Å². The zero-order chi connectivity index (χ0) is 13.1. The number of aromatic nitrogens is 2. The van der Waals surface area contributed by atoms with E-state index in [0.29, 0.717) is 17.6 Å². The third-order valence-electron chi connectivity index (χ3n) is 3.68. The van der Waals surface area contributed by atoms with Gasteiger partial charge in [-0.15, -0.1) is 0 Å². The van der Waals surface area contributed by atoms with E-state index >= 15 is 0 Å². The number of rotatable bonds is 4. The summed E-state index contributed by atoms with van der Waals surface area (Å²) in [4.78, 5) is 22.8. The van der Waals surface area contributed by atoms with Crippen LogP contribution in [0.1, 0.15) is 23.3 Å². The predicted octanol–water partition coefficient (Wildman–Crippen LogP) is 0.0260. The van der Waals surface area contributed by atoms with Gasteiger partial charge in [0.05, 0.1) is 0 Å². The highest BCUT2D eigenvalue weighted by molar-refractivity contribution is 5.92. The maximum absolute atomic E-state index is 12.0. The molecule has 1 amide bonds. The molecule has 2 saturated heterocycles. The van der Waals surface area contributed by atoms with Crippen molar-refractivity contribution in [3.05, 3.63) is 18.0 Å². The van der Waals surface area contributed by atoms with Gasteiger partial charge >= 0.3 is 0 Å². The van der Waals surface area contributed by atoms with E-state index in [0.717, 1.165) is 32.7 Å². The molecule has 102 valence electrons. The van der Waals surface area contributed by atoms with Gasteiger partial charge in [-0.1, -0.05) is 0 Å². The molecule has 3 heterocycles. The highest BCUT2D eigenvalue weighted by Gasteiger charge is 2.19. The summed E-state index contributed by atoms with van der Waals surface area (Å²) in [5.41, 5.74) is 0.462. The lowest BCUT2D eigenvalue weighted by molar-refractivity contribution is 0.0937. The SMILES string of the molecule is O=C(NCC1CNC1)c1ccnc(N2CCCC2)n1. The minimum absolute atomic E-state index is 0.102. The standard InChI is InChI=1S/C13H19N5O/c19-12(16-9-10-7-14-8-10)11-3-4-15-13(17-11)18-5-1-2-6-18/h3-4,10,14H,1-2,5-9H2,(H,16,19). The van der Waals surface area contributed by atoms with Crippen molar-refractivity contribution in [1.82, 2.24) is 20.6 Å². The second kappa shape index (κ2) is 5.52. The smallest absolute Gasteiger partial charge is 0.270 e. The molecule has 2 N–H and O–H groups in total. The summed E-state index contributed by atoms with van der Waals surface area (Å²) in [5.74, 6) is 1.13. The molecule has 0 aliphatic carbocycles. The van der Waals surface area contributed by atoms with Crippen molar-refractivity contribution in [2.24, 2.45) is 5.92 Å². The van der Waals surface area contributed by atoms with Gasteiger partial charge < -0.3 is 15.5 Å². The number of nitrogens with zero attached hydrogens (tertiary/aromatic N) is 3. The molecular weight excluding hydrogens is 242 g/mol. The first kappa shape index (κ1) is 12.3. The van der Waals surface area contributed by atoms with Gasteiger partial charge in [0.25, 0.3) is 5.91 Å². The van der Waals surface area contributed by atoms with Crippen molar-refractivity contribution in [2.45, 2.75) is 12.8 Å². The summed E-state index contributed by atoms with van der Waals surface area (Å²) in [6.07, 6.45) is 4.02. The van der Waals surface area contributed by atoms with Crippen LogP contribution in [0.15, 0.2) is 12.3 Å². The third kappa shape index (κ3) is 2.84. The quantitative estimate of drug-likeness (QED) is 0.800. The Hall–Kier alpha value is -1.69. The van der Waals surface area contributed by atoms with Gasteiger partial charge in [-0.05, 0) is 18.9 Å². The Morgan fingerprint density at radius 3 is 2.89 bits per heavy atom. The first-order valence-electron chi connectivity index (χ1n) is 6.90. The minimum atomic E-state index is -0.102. The van der Waals surface area contributed by atoms with Gasteiger partial charge in [0.2, 0.25) is 5.95 Å². The van der Waals surface area contributed by atoms with Gasteiger partial charge in [0.15, 0.2) is 0 Å². The van der Waals surface area contributed by atoms with E-state index in [9.17, 15) is 4.79 Å². The van der Waals surface area contributed by atoms with E-state index in [1.807, 2.05) is 0 Å². The highest BCUT2D eigenvalue weighted by Crippen LogP contribution is 2.15. The largest absolute Gasteiger partial charge is 0.350 e. The summed E-state index contributed by atoms with van der Waals surface area (Å²) < 4.78 is 0. The van der Waals surface area contributed by atoms with Crippen molar-refractivity contribution >= 4 is 11.9 Å². The monoisotopic (exact) mass is 261 g/mol. The molecule has 0 unspecified atom stereocenters. The summed E-state index contributed by atoms with van der Waals surface area (Å²) >= 11 is 0. The topological polar surface area (TPSA) is 70.2 Å². The van der Waals surface area contributed by atoms with E-state index in [-0.39, 0.29) is 5.91 Å². The van der Waals surface area contributed by atoms with Crippen LogP contribution in [0, 0.1) is 5.92 Å². The van der Waals surface area contributed by atoms with Crippen molar-refractivity contribution < 1.29 is 4.79 Å². The number of nitrogens with one attached hydrogen (secondary N) is 2. The summed E-state index contributed by atoms with van der Waals surface area (Å²) in [6.45, 7) is 4.67. The van der Waals surface area contributed by atoms with Crippen molar-refractivity contribution in [3.63, 3.8) is 0 Å². The van der Waals surface area contributed by atoms with Crippen LogP contribution in [0.5, 0.6) is 0 Å². The van der Waals surface area contributed by atoms with E-state index in [2.05, 4.69) is 25.5 Å². The first-order valence-corrected chi connectivity index (χ1v) is 6.90. The zero-order valence-electron chi connectivity index (χ0n) is 10.9. The number of carbonyl (C=O) groups excluding carboxylic acids is 1. The minimum Gasteiger partial charge on any atom is -0.350 e. The molecule has 1 aromatic heterocycles. The van der Waals surface area contributed by atoms with Crippen LogP contribution in [0.25, 0.3) is 0 Å². The maximum atomic E-state index is 12.0. The van der Waals surface area contributed by atoms with Gasteiger partial charge in [0.1, 0.15) is 5.69 Å². The molecule has 0 saturated carbocycles. The van der Waals surface area contributed by atoms with Crippen molar-refractivity contribution in [2.75, 3.05) is 37.6 Å². The molecule has 3 rings (SSSR count). The number of anilines is 1. The van der Waals surface area contributed by atoms with Crippen LogP contribution in [-0.4, -0.2) is 48.6 Å². The fourth-order valence-corrected chi connectivity index (χ4v) is 2.36. The summed E-state index contributed by atoms with van der Waals surface area (Å²) in [6, 6.07) is 1.67. The van der Waals surface area contributed by atoms with E-state index in [1.165, 1.54) is 12.8 Å². The molecule has 2 fully saturated rings. The Morgan fingerprint density at radius 1 is 1.42 bits per heavy atom. The normalized spacial score (nSPS) is 19.3. The van der Waals surface area contributed by atoms with Crippen LogP contribution < -0.4 is 15.5 Å². The second-order valence-corrected chi connectivity index (χ2v) is 5.17. The Morgan fingerprint density at radius 2 is 2.21 bits per heavy atom. The van der Waals surface area contributed by atoms with Crippen LogP contribution >= 0.6 is 0 Å². The molecule has 0 aromatic carbocycles. The van der Waals surface area contributed by atoms with Crippen LogP contribution in [0.4, 0.5) is 5.95 Å². The number of amides is 1. The fourth-order valence-electron chi connectivity index (χ4n) is 2.36. The predicted molar refractivity (Wildman–Crippen MR) is 72.2 cm³/mol. The first-order chi connectivity index (χ1) is 9.33. The lowest BCUT2D eigenvalue weighted by Gasteiger charge is -2.27. The Labute approximate surface area is 112 Å². The van der Waals surface area contributed by atoms with Gasteiger partial charge in [0, 0.05) is 44.8 Å². The molecule has 6 nitrogen and oxygen atoms in total. The lowest BCUT2D eigenvalue weighted by Crippen LogP contribution is -2.48. The van der Waals surface area contributed by atoms with Crippen LogP contribution in [0.2, 0.25) is 0 Å². The van der Waals surface area contributed by atoms with E-state index in [1.54, 1.807) is 12.3 Å². The van der Waals surface area contributed by atoms with Gasteiger partial charge in [-0.3, -0.25) is 4.79 Å². The maximum Gasteiger partial charge on any atom is 0.270 e. The molecule has 2 aliphatic rings. The van der Waals surface area contributed by atoms with Gasteiger partial charge in [-0.2, -0.15) is 0 Å². The number of hydrogen-bond acceptors (Lipinski definition) is 5. The van der Waals surface area contributed by atoms with E-state index < -0.39 is 0 Å². The Balaban J connectivity index is 1.62. The van der Waals surface area contributed by atoms with Gasteiger partial charge in [-0.25, -0.2) is 9.97 Å². The Bertz CT molecular complexity index is 454. The molecular formula is C13H19N5O. The highest BCUT2D eigenvalue weighted by atomic mass is 16.1. The van der Waals surface area contributed by atoms with Crippen LogP contribution in [0.3, 0.4) is 0 Å². The fraction of sp³-hybridized carbons (Fsp3) is 0.615. The summed E-state index contributed by atoms with van der Waals surface area (Å²) in [5, 5.41) is 6.12. The number of carbonyl (C=O) groups is 1. The van der Waals surface area contributed by atoms with E-state index in [4.69, 9.17) is 0 Å². The molecule has 0 bridgehead atoms. The molecule has 6 heteroatoms. The molecule has 0 atom stereocenters. The number of hydrogen-bond donors (Lipinski definition) is 2. The van der Waals surface area contributed by atoms with Crippen LogP contribution in [-0.2, 0) is 0 Å². The second-order valence-electron chi connectivity index (χ2n) is 5.17. The molecule has 19 heavy (non-hydrogen) atoms. The average molecular weight is 261 g/mol. The zero-order valence-corrected chi connectivity index (χ0v) is 10.9. The molecule has 0 radical (unpaired) electrons.